The smallest absolute Gasteiger partial charge is 0.384 e. The molecule has 0 aliphatic rings. The quantitative estimate of drug-likeness (QED) is 0.833. The molecule has 1 rings (SSSR count). The molecule has 0 spiro atoms. The maximum absolute atomic E-state index is 12.8. The van der Waals surface area contributed by atoms with Crippen molar-refractivity contribution >= 4 is 23.2 Å². The molecule has 0 aliphatic heterocycles. The van der Waals surface area contributed by atoms with Gasteiger partial charge in [-0.1, -0.05) is 25.4 Å². The topological polar surface area (TPSA) is 41.1 Å². The monoisotopic (exact) mass is 322 g/mol. The minimum Gasteiger partial charge on any atom is -0.384 e. The molecule has 0 atom stereocenters. The van der Waals surface area contributed by atoms with Gasteiger partial charge in [0.1, 0.15) is 0 Å². The maximum Gasteiger partial charge on any atom is 0.418 e. The number of amides is 1. The zero-order valence-electron chi connectivity index (χ0n) is 11.9. The van der Waals surface area contributed by atoms with Gasteiger partial charge in [0.05, 0.1) is 5.56 Å². The minimum atomic E-state index is -4.49. The average Bonchev–Trinajstić information content (AvgIpc) is 2.37. The molecule has 1 aromatic carbocycles. The van der Waals surface area contributed by atoms with Crippen LogP contribution in [0.4, 0.5) is 18.9 Å². The molecule has 1 aromatic rings. The second-order valence-electron chi connectivity index (χ2n) is 5.06. The Hall–Kier alpha value is -1.43. The Morgan fingerprint density at radius 1 is 1.33 bits per heavy atom. The molecular weight excluding hydrogens is 305 g/mol. The molecule has 0 radical (unpaired) electrons. The number of carbonyl (C=O) groups excluding carboxylic acids is 1. The van der Waals surface area contributed by atoms with E-state index in [4.69, 9.17) is 11.6 Å². The zero-order valence-corrected chi connectivity index (χ0v) is 12.6. The largest absolute Gasteiger partial charge is 0.418 e. The van der Waals surface area contributed by atoms with Crippen LogP contribution in [0.3, 0.4) is 0 Å². The first kappa shape index (κ1) is 17.6. The normalized spacial score (nSPS) is 11.6. The van der Waals surface area contributed by atoms with Gasteiger partial charge in [0, 0.05) is 30.2 Å². The molecule has 0 aromatic heterocycles. The number of hydrogen-bond acceptors (Lipinski definition) is 2. The highest BCUT2D eigenvalue weighted by Gasteiger charge is 2.33. The molecule has 2 N–H and O–H groups in total. The van der Waals surface area contributed by atoms with E-state index in [0.29, 0.717) is 12.5 Å². The van der Waals surface area contributed by atoms with Crippen molar-refractivity contribution < 1.29 is 18.0 Å². The molecule has 0 bridgehead atoms. The van der Waals surface area contributed by atoms with Crippen molar-refractivity contribution in [2.75, 3.05) is 18.4 Å². The number of anilines is 1. The Morgan fingerprint density at radius 3 is 2.57 bits per heavy atom. The van der Waals surface area contributed by atoms with E-state index in [-0.39, 0.29) is 29.6 Å². The lowest BCUT2D eigenvalue weighted by molar-refractivity contribution is -0.137. The lowest BCUT2D eigenvalue weighted by atomic mass is 10.1. The molecular formula is C14H18ClF3N2O. The van der Waals surface area contributed by atoms with Crippen LogP contribution in [-0.2, 0) is 11.0 Å². The van der Waals surface area contributed by atoms with Crippen molar-refractivity contribution in [3.63, 3.8) is 0 Å². The van der Waals surface area contributed by atoms with Crippen molar-refractivity contribution in [2.45, 2.75) is 26.4 Å². The Labute approximate surface area is 126 Å². The minimum absolute atomic E-state index is 0.0163. The molecule has 21 heavy (non-hydrogen) atoms. The van der Waals surface area contributed by atoms with Crippen LogP contribution >= 0.6 is 11.6 Å². The van der Waals surface area contributed by atoms with Crippen LogP contribution in [0, 0.1) is 5.92 Å². The van der Waals surface area contributed by atoms with Gasteiger partial charge >= 0.3 is 6.18 Å². The summed E-state index contributed by atoms with van der Waals surface area (Å²) >= 11 is 5.59. The van der Waals surface area contributed by atoms with Gasteiger partial charge in [-0.2, -0.15) is 13.2 Å². The van der Waals surface area contributed by atoms with Crippen LogP contribution < -0.4 is 10.6 Å². The number of carbonyl (C=O) groups is 1. The first-order chi connectivity index (χ1) is 9.70. The standard InChI is InChI=1S/C14H18ClF3N2O/c1-9(2)8-20-13(21)5-6-19-12-4-3-10(15)7-11(12)14(16,17)18/h3-4,7,9,19H,5-6,8H2,1-2H3,(H,20,21). The lowest BCUT2D eigenvalue weighted by Crippen LogP contribution is -2.28. The average molecular weight is 323 g/mol. The van der Waals surface area contributed by atoms with E-state index >= 15 is 0 Å². The molecule has 0 saturated heterocycles. The third-order valence-corrected chi connectivity index (χ3v) is 2.90. The fourth-order valence-electron chi connectivity index (χ4n) is 1.62. The van der Waals surface area contributed by atoms with E-state index in [0.717, 1.165) is 6.07 Å². The predicted molar refractivity (Wildman–Crippen MR) is 77.4 cm³/mol. The van der Waals surface area contributed by atoms with E-state index in [9.17, 15) is 18.0 Å². The lowest BCUT2D eigenvalue weighted by Gasteiger charge is -2.15. The van der Waals surface area contributed by atoms with Gasteiger partial charge in [-0.05, 0) is 24.1 Å². The molecule has 0 fully saturated rings. The number of halogens is 4. The summed E-state index contributed by atoms with van der Waals surface area (Å²) in [6, 6.07) is 3.50. The summed E-state index contributed by atoms with van der Waals surface area (Å²) in [6.45, 7) is 4.59. The highest BCUT2D eigenvalue weighted by Crippen LogP contribution is 2.36. The maximum atomic E-state index is 12.8. The summed E-state index contributed by atoms with van der Waals surface area (Å²) in [5.74, 6) is 0.133. The van der Waals surface area contributed by atoms with Crippen molar-refractivity contribution in [3.8, 4) is 0 Å². The van der Waals surface area contributed by atoms with E-state index in [1.807, 2.05) is 13.8 Å². The Morgan fingerprint density at radius 2 is 2.00 bits per heavy atom. The molecule has 0 saturated carbocycles. The van der Waals surface area contributed by atoms with Crippen LogP contribution in [0.15, 0.2) is 18.2 Å². The van der Waals surface area contributed by atoms with Crippen LogP contribution in [0.2, 0.25) is 5.02 Å². The van der Waals surface area contributed by atoms with Gasteiger partial charge in [-0.3, -0.25) is 4.79 Å². The van der Waals surface area contributed by atoms with Gasteiger partial charge in [-0.25, -0.2) is 0 Å². The van der Waals surface area contributed by atoms with Crippen molar-refractivity contribution in [3.05, 3.63) is 28.8 Å². The summed E-state index contributed by atoms with van der Waals surface area (Å²) < 4.78 is 38.5. The van der Waals surface area contributed by atoms with Crippen LogP contribution in [-0.4, -0.2) is 19.0 Å². The first-order valence-electron chi connectivity index (χ1n) is 6.57. The second kappa shape index (κ2) is 7.54. The third kappa shape index (κ3) is 6.25. The fraction of sp³-hybridized carbons (Fsp3) is 0.500. The highest BCUT2D eigenvalue weighted by molar-refractivity contribution is 6.30. The summed E-state index contributed by atoms with van der Waals surface area (Å²) in [5, 5.41) is 5.34. The SMILES string of the molecule is CC(C)CNC(=O)CCNc1ccc(Cl)cc1C(F)(F)F. The number of alkyl halides is 3. The number of nitrogens with one attached hydrogen (secondary N) is 2. The Bertz CT molecular complexity index is 490. The van der Waals surface area contributed by atoms with E-state index < -0.39 is 11.7 Å². The van der Waals surface area contributed by atoms with Crippen molar-refractivity contribution in [2.24, 2.45) is 5.92 Å². The van der Waals surface area contributed by atoms with Crippen LogP contribution in [0.1, 0.15) is 25.8 Å². The van der Waals surface area contributed by atoms with Crippen molar-refractivity contribution in [1.82, 2.24) is 5.32 Å². The second-order valence-corrected chi connectivity index (χ2v) is 5.50. The number of hydrogen-bond donors (Lipinski definition) is 2. The first-order valence-corrected chi connectivity index (χ1v) is 6.95. The van der Waals surface area contributed by atoms with Crippen LogP contribution in [0.5, 0.6) is 0 Å². The molecule has 118 valence electrons. The summed E-state index contributed by atoms with van der Waals surface area (Å²) in [5.41, 5.74) is -0.916. The van der Waals surface area contributed by atoms with Gasteiger partial charge in [-0.15, -0.1) is 0 Å². The fourth-order valence-corrected chi connectivity index (χ4v) is 1.79. The van der Waals surface area contributed by atoms with Gasteiger partial charge < -0.3 is 10.6 Å². The van der Waals surface area contributed by atoms with Gasteiger partial charge in [0.15, 0.2) is 0 Å². The van der Waals surface area contributed by atoms with Crippen LogP contribution in [0.25, 0.3) is 0 Å². The van der Waals surface area contributed by atoms with Gasteiger partial charge in [0.25, 0.3) is 0 Å². The number of benzene rings is 1. The Kier molecular flexibility index (Phi) is 6.33. The molecule has 3 nitrogen and oxygen atoms in total. The molecule has 0 unspecified atom stereocenters. The molecule has 0 aliphatic carbocycles. The molecule has 0 heterocycles. The number of rotatable bonds is 6. The van der Waals surface area contributed by atoms with Gasteiger partial charge in [0.2, 0.25) is 5.91 Å². The highest BCUT2D eigenvalue weighted by atomic mass is 35.5. The summed E-state index contributed by atoms with van der Waals surface area (Å²) in [7, 11) is 0. The van der Waals surface area contributed by atoms with Crippen molar-refractivity contribution in [1.29, 1.82) is 0 Å². The zero-order chi connectivity index (χ0) is 16.0. The third-order valence-electron chi connectivity index (χ3n) is 2.66. The molecule has 1 amide bonds. The Balaban J connectivity index is 2.58. The van der Waals surface area contributed by atoms with E-state index in [2.05, 4.69) is 10.6 Å². The van der Waals surface area contributed by atoms with E-state index in [1.54, 1.807) is 0 Å². The predicted octanol–water partition coefficient (Wildman–Crippen LogP) is 3.93. The molecule has 7 heteroatoms. The summed E-state index contributed by atoms with van der Waals surface area (Å²) in [6.07, 6.45) is -4.39. The van der Waals surface area contributed by atoms with E-state index in [1.165, 1.54) is 12.1 Å². The summed E-state index contributed by atoms with van der Waals surface area (Å²) in [4.78, 5) is 11.5.